The Morgan fingerprint density at radius 3 is 2.67 bits per heavy atom. The third-order valence-corrected chi connectivity index (χ3v) is 2.74. The van der Waals surface area contributed by atoms with Crippen LogP contribution >= 0.6 is 0 Å². The summed E-state index contributed by atoms with van der Waals surface area (Å²) in [6.07, 6.45) is 0.619. The minimum Gasteiger partial charge on any atom is -0.496 e. The third kappa shape index (κ3) is 2.49. The van der Waals surface area contributed by atoms with Crippen LogP contribution in [0, 0.1) is 12.7 Å². The molecular formula is C14H14FNO2. The minimum absolute atomic E-state index is 0.392. The molecule has 3 nitrogen and oxygen atoms in total. The monoisotopic (exact) mass is 247 g/mol. The lowest BCUT2D eigenvalue weighted by atomic mass is 10.0. The van der Waals surface area contributed by atoms with Crippen LogP contribution in [0.15, 0.2) is 36.5 Å². The number of hydrogen-bond acceptors (Lipinski definition) is 3. The number of methoxy groups -OCH3 is 1. The summed E-state index contributed by atoms with van der Waals surface area (Å²) in [5.74, 6) is 0.0365. The first-order valence-electron chi connectivity index (χ1n) is 5.56. The van der Waals surface area contributed by atoms with Crippen LogP contribution in [0.25, 0.3) is 0 Å². The largest absolute Gasteiger partial charge is 0.496 e. The van der Waals surface area contributed by atoms with E-state index in [0.29, 0.717) is 16.9 Å². The number of aliphatic hydroxyl groups is 1. The topological polar surface area (TPSA) is 42.4 Å². The van der Waals surface area contributed by atoms with Crippen molar-refractivity contribution in [2.75, 3.05) is 7.11 Å². The fraction of sp³-hybridized carbons (Fsp3) is 0.214. The molecule has 0 saturated heterocycles. The summed E-state index contributed by atoms with van der Waals surface area (Å²) < 4.78 is 18.4. The maximum Gasteiger partial charge on any atom is 0.125 e. The summed E-state index contributed by atoms with van der Waals surface area (Å²) in [4.78, 5) is 4.11. The van der Waals surface area contributed by atoms with Crippen LogP contribution in [0.5, 0.6) is 5.75 Å². The molecule has 0 bridgehead atoms. The SMILES string of the molecule is COc1ccc(F)cc1C(O)c1ccc(C)nc1. The van der Waals surface area contributed by atoms with Gasteiger partial charge < -0.3 is 9.84 Å². The molecule has 1 aromatic heterocycles. The molecule has 94 valence electrons. The number of aromatic nitrogens is 1. The van der Waals surface area contributed by atoms with Crippen molar-refractivity contribution in [2.24, 2.45) is 0 Å². The molecule has 0 radical (unpaired) electrons. The second-order valence-electron chi connectivity index (χ2n) is 4.02. The first-order valence-corrected chi connectivity index (χ1v) is 5.56. The van der Waals surface area contributed by atoms with Crippen molar-refractivity contribution < 1.29 is 14.2 Å². The molecule has 0 fully saturated rings. The van der Waals surface area contributed by atoms with Crippen LogP contribution in [0.2, 0.25) is 0 Å². The standard InChI is InChI=1S/C14H14FNO2/c1-9-3-4-10(8-16-9)14(17)12-7-11(15)5-6-13(12)18-2/h3-8,14,17H,1-2H3. The van der Waals surface area contributed by atoms with Gasteiger partial charge in [0.25, 0.3) is 0 Å². The van der Waals surface area contributed by atoms with Gasteiger partial charge in [-0.2, -0.15) is 0 Å². The summed E-state index contributed by atoms with van der Waals surface area (Å²) in [5, 5.41) is 10.2. The maximum absolute atomic E-state index is 13.2. The van der Waals surface area contributed by atoms with E-state index in [9.17, 15) is 9.50 Å². The molecule has 2 rings (SSSR count). The molecule has 1 N–H and O–H groups in total. The second-order valence-corrected chi connectivity index (χ2v) is 4.02. The Morgan fingerprint density at radius 2 is 2.06 bits per heavy atom. The fourth-order valence-electron chi connectivity index (χ4n) is 1.74. The molecule has 0 aliphatic heterocycles. The number of rotatable bonds is 3. The number of ether oxygens (including phenoxy) is 1. The Hall–Kier alpha value is -1.94. The van der Waals surface area contributed by atoms with Gasteiger partial charge in [-0.05, 0) is 31.2 Å². The Balaban J connectivity index is 2.41. The highest BCUT2D eigenvalue weighted by Gasteiger charge is 2.16. The highest BCUT2D eigenvalue weighted by atomic mass is 19.1. The Bertz CT molecular complexity index is 540. The van der Waals surface area contributed by atoms with E-state index >= 15 is 0 Å². The summed E-state index contributed by atoms with van der Waals surface area (Å²) in [5.41, 5.74) is 1.85. The van der Waals surface area contributed by atoms with Crippen molar-refractivity contribution in [1.82, 2.24) is 4.98 Å². The van der Waals surface area contributed by atoms with Gasteiger partial charge >= 0.3 is 0 Å². The molecule has 0 amide bonds. The van der Waals surface area contributed by atoms with Crippen molar-refractivity contribution in [2.45, 2.75) is 13.0 Å². The third-order valence-electron chi connectivity index (χ3n) is 2.74. The van der Waals surface area contributed by atoms with Gasteiger partial charge in [-0.15, -0.1) is 0 Å². The normalized spacial score (nSPS) is 12.2. The van der Waals surface area contributed by atoms with Gasteiger partial charge in [-0.1, -0.05) is 6.07 Å². The predicted molar refractivity (Wildman–Crippen MR) is 66.0 cm³/mol. The average molecular weight is 247 g/mol. The van der Waals surface area contributed by atoms with E-state index in [-0.39, 0.29) is 0 Å². The zero-order chi connectivity index (χ0) is 13.1. The van der Waals surface area contributed by atoms with Gasteiger partial charge in [0.2, 0.25) is 0 Å². The van der Waals surface area contributed by atoms with Gasteiger partial charge in [0.05, 0.1) is 7.11 Å². The summed E-state index contributed by atoms with van der Waals surface area (Å²) >= 11 is 0. The molecule has 0 aliphatic rings. The second kappa shape index (κ2) is 5.14. The van der Waals surface area contributed by atoms with Gasteiger partial charge in [0.15, 0.2) is 0 Å². The minimum atomic E-state index is -0.955. The zero-order valence-electron chi connectivity index (χ0n) is 10.2. The Morgan fingerprint density at radius 1 is 1.28 bits per heavy atom. The number of halogens is 1. The summed E-state index contributed by atoms with van der Waals surface area (Å²) in [6.45, 7) is 1.86. The van der Waals surface area contributed by atoms with Crippen molar-refractivity contribution in [1.29, 1.82) is 0 Å². The smallest absolute Gasteiger partial charge is 0.125 e. The predicted octanol–water partition coefficient (Wildman–Crippen LogP) is 2.62. The number of pyridine rings is 1. The lowest BCUT2D eigenvalue weighted by molar-refractivity contribution is 0.213. The lowest BCUT2D eigenvalue weighted by Gasteiger charge is -2.15. The van der Waals surface area contributed by atoms with Gasteiger partial charge in [0, 0.05) is 23.0 Å². The van der Waals surface area contributed by atoms with Crippen molar-refractivity contribution in [3.63, 3.8) is 0 Å². The quantitative estimate of drug-likeness (QED) is 0.906. The molecule has 0 spiro atoms. The average Bonchev–Trinajstić information content (AvgIpc) is 2.39. The molecule has 1 atom stereocenters. The van der Waals surface area contributed by atoms with Crippen LogP contribution in [0.3, 0.4) is 0 Å². The highest BCUT2D eigenvalue weighted by Crippen LogP contribution is 2.30. The van der Waals surface area contributed by atoms with Crippen molar-refractivity contribution in [3.05, 3.63) is 59.2 Å². The summed E-state index contributed by atoms with van der Waals surface area (Å²) in [6, 6.07) is 7.61. The van der Waals surface area contributed by atoms with Gasteiger partial charge in [-0.25, -0.2) is 4.39 Å². The van der Waals surface area contributed by atoms with E-state index < -0.39 is 11.9 Å². The molecule has 1 aromatic carbocycles. The molecule has 1 unspecified atom stereocenters. The highest BCUT2D eigenvalue weighted by molar-refractivity contribution is 5.40. The number of aryl methyl sites for hydroxylation is 1. The van der Waals surface area contributed by atoms with E-state index in [1.807, 2.05) is 6.92 Å². The van der Waals surface area contributed by atoms with Crippen LogP contribution in [0.4, 0.5) is 4.39 Å². The first-order chi connectivity index (χ1) is 8.61. The fourth-order valence-corrected chi connectivity index (χ4v) is 1.74. The van der Waals surface area contributed by atoms with E-state index in [2.05, 4.69) is 4.98 Å². The van der Waals surface area contributed by atoms with E-state index in [1.165, 1.54) is 25.3 Å². The molecule has 2 aromatic rings. The Kier molecular flexibility index (Phi) is 3.58. The number of aliphatic hydroxyl groups excluding tert-OH is 1. The van der Waals surface area contributed by atoms with Gasteiger partial charge in [0.1, 0.15) is 17.7 Å². The maximum atomic E-state index is 13.2. The molecule has 4 heteroatoms. The molecule has 0 saturated carbocycles. The molecule has 18 heavy (non-hydrogen) atoms. The Labute approximate surface area is 105 Å². The lowest BCUT2D eigenvalue weighted by Crippen LogP contribution is -2.03. The number of nitrogens with zero attached hydrogens (tertiary/aromatic N) is 1. The molecule has 1 heterocycles. The van der Waals surface area contributed by atoms with E-state index in [4.69, 9.17) is 4.74 Å². The van der Waals surface area contributed by atoms with Crippen LogP contribution in [0.1, 0.15) is 22.9 Å². The zero-order valence-corrected chi connectivity index (χ0v) is 10.2. The van der Waals surface area contributed by atoms with Crippen molar-refractivity contribution in [3.8, 4) is 5.75 Å². The van der Waals surface area contributed by atoms with Crippen molar-refractivity contribution >= 4 is 0 Å². The van der Waals surface area contributed by atoms with Gasteiger partial charge in [-0.3, -0.25) is 4.98 Å². The van der Waals surface area contributed by atoms with Crippen LogP contribution < -0.4 is 4.74 Å². The van der Waals surface area contributed by atoms with Crippen LogP contribution in [-0.4, -0.2) is 17.2 Å². The van der Waals surface area contributed by atoms with E-state index in [1.54, 1.807) is 18.3 Å². The summed E-state index contributed by atoms with van der Waals surface area (Å²) in [7, 11) is 1.48. The molecule has 0 aliphatic carbocycles. The number of benzene rings is 1. The first kappa shape index (κ1) is 12.5. The number of hydrogen-bond donors (Lipinski definition) is 1. The van der Waals surface area contributed by atoms with E-state index in [0.717, 1.165) is 5.69 Å². The molecular weight excluding hydrogens is 233 g/mol. The van der Waals surface area contributed by atoms with Crippen LogP contribution in [-0.2, 0) is 0 Å².